The molecule has 2 aliphatic rings. The third-order valence-corrected chi connectivity index (χ3v) is 6.18. The van der Waals surface area contributed by atoms with Gasteiger partial charge in [0.25, 0.3) is 0 Å². The first-order chi connectivity index (χ1) is 15.6. The molecule has 164 valence electrons. The molecule has 1 fully saturated rings. The average Bonchev–Trinajstić information content (AvgIpc) is 2.81. The number of carbonyl (C=O) groups excluding carboxylic acids is 1. The van der Waals surface area contributed by atoms with E-state index in [1.807, 2.05) is 12.1 Å². The average molecular weight is 452 g/mol. The van der Waals surface area contributed by atoms with E-state index < -0.39 is 0 Å². The quantitative estimate of drug-likeness (QED) is 0.611. The summed E-state index contributed by atoms with van der Waals surface area (Å²) in [6, 6.07) is 13.9. The highest BCUT2D eigenvalue weighted by Gasteiger charge is 2.27. The standard InChI is InChI=1S/C24H23ClFN5O/c25-16-4-8-18(9-5-16)27-23-22-20(2-1-3-21(22)32)28-24(29-23)31-14-12-30(13-15-31)19-10-6-17(26)7-11-19/h4-11H,1-3,12-15H2,(H,27,28,29). The Labute approximate surface area is 191 Å². The Kier molecular flexibility index (Phi) is 5.66. The van der Waals surface area contributed by atoms with Crippen molar-refractivity contribution in [3.8, 4) is 0 Å². The zero-order valence-electron chi connectivity index (χ0n) is 17.5. The third kappa shape index (κ3) is 4.25. The number of nitrogens with one attached hydrogen (secondary N) is 1. The van der Waals surface area contributed by atoms with E-state index in [4.69, 9.17) is 21.6 Å². The lowest BCUT2D eigenvalue weighted by atomic mass is 9.95. The van der Waals surface area contributed by atoms with Crippen LogP contribution in [0.25, 0.3) is 0 Å². The van der Waals surface area contributed by atoms with Crippen LogP contribution in [0.4, 0.5) is 27.5 Å². The van der Waals surface area contributed by atoms with Crippen molar-refractivity contribution in [1.82, 2.24) is 9.97 Å². The van der Waals surface area contributed by atoms with Crippen molar-refractivity contribution in [2.45, 2.75) is 19.3 Å². The molecule has 0 unspecified atom stereocenters. The number of fused-ring (bicyclic) bond motifs is 1. The summed E-state index contributed by atoms with van der Waals surface area (Å²) in [6.45, 7) is 3.05. The molecule has 0 spiro atoms. The monoisotopic (exact) mass is 451 g/mol. The van der Waals surface area contributed by atoms with Crippen molar-refractivity contribution < 1.29 is 9.18 Å². The molecular formula is C24H23ClFN5O. The van der Waals surface area contributed by atoms with Gasteiger partial charge in [-0.2, -0.15) is 4.98 Å². The highest BCUT2D eigenvalue weighted by molar-refractivity contribution is 6.30. The van der Waals surface area contributed by atoms with Crippen LogP contribution in [0.5, 0.6) is 0 Å². The van der Waals surface area contributed by atoms with Gasteiger partial charge in [0.05, 0.1) is 11.3 Å². The SMILES string of the molecule is O=C1CCCc2nc(N3CCN(c4ccc(F)cc4)CC3)nc(Nc3ccc(Cl)cc3)c21. The molecule has 2 heterocycles. The van der Waals surface area contributed by atoms with Gasteiger partial charge in [-0.05, 0) is 61.4 Å². The van der Waals surface area contributed by atoms with E-state index >= 15 is 0 Å². The number of nitrogens with zero attached hydrogens (tertiary/aromatic N) is 4. The topological polar surface area (TPSA) is 61.4 Å². The second-order valence-corrected chi connectivity index (χ2v) is 8.49. The van der Waals surface area contributed by atoms with Crippen LogP contribution in [0.2, 0.25) is 5.02 Å². The van der Waals surface area contributed by atoms with Crippen molar-refractivity contribution in [3.05, 3.63) is 70.6 Å². The smallest absolute Gasteiger partial charge is 0.227 e. The van der Waals surface area contributed by atoms with Crippen molar-refractivity contribution in [1.29, 1.82) is 0 Å². The number of hydrogen-bond donors (Lipinski definition) is 1. The molecule has 8 heteroatoms. The van der Waals surface area contributed by atoms with E-state index in [1.165, 1.54) is 12.1 Å². The second-order valence-electron chi connectivity index (χ2n) is 8.05. The number of carbonyl (C=O) groups is 1. The molecular weight excluding hydrogens is 429 g/mol. The fourth-order valence-corrected chi connectivity index (χ4v) is 4.35. The zero-order valence-corrected chi connectivity index (χ0v) is 18.3. The van der Waals surface area contributed by atoms with E-state index in [2.05, 4.69) is 15.1 Å². The molecule has 0 atom stereocenters. The first-order valence-corrected chi connectivity index (χ1v) is 11.2. The van der Waals surface area contributed by atoms with E-state index in [0.717, 1.165) is 56.1 Å². The fourth-order valence-electron chi connectivity index (χ4n) is 4.23. The minimum Gasteiger partial charge on any atom is -0.368 e. The van der Waals surface area contributed by atoms with Gasteiger partial charge >= 0.3 is 0 Å². The normalized spacial score (nSPS) is 16.1. The molecule has 2 aromatic carbocycles. The summed E-state index contributed by atoms with van der Waals surface area (Å²) in [5.74, 6) is 1.03. The second kappa shape index (κ2) is 8.74. The Hall–Kier alpha value is -3.19. The molecule has 0 saturated carbocycles. The van der Waals surface area contributed by atoms with Crippen molar-refractivity contribution >= 4 is 40.5 Å². The molecule has 1 aromatic heterocycles. The number of benzene rings is 2. The predicted molar refractivity (Wildman–Crippen MR) is 125 cm³/mol. The largest absolute Gasteiger partial charge is 0.368 e. The van der Waals surface area contributed by atoms with Crippen LogP contribution in [-0.4, -0.2) is 41.9 Å². The summed E-state index contributed by atoms with van der Waals surface area (Å²) in [5.41, 5.74) is 3.23. The molecule has 0 radical (unpaired) electrons. The number of ketones is 1. The lowest BCUT2D eigenvalue weighted by Gasteiger charge is -2.36. The maximum atomic E-state index is 13.2. The van der Waals surface area contributed by atoms with Gasteiger partial charge in [0, 0.05) is 49.0 Å². The Bertz CT molecular complexity index is 1130. The van der Waals surface area contributed by atoms with Gasteiger partial charge < -0.3 is 15.1 Å². The summed E-state index contributed by atoms with van der Waals surface area (Å²) < 4.78 is 13.2. The van der Waals surface area contributed by atoms with E-state index in [9.17, 15) is 9.18 Å². The third-order valence-electron chi connectivity index (χ3n) is 5.93. The summed E-state index contributed by atoms with van der Waals surface area (Å²) in [6.07, 6.45) is 2.09. The highest BCUT2D eigenvalue weighted by atomic mass is 35.5. The van der Waals surface area contributed by atoms with Crippen LogP contribution in [0.1, 0.15) is 28.9 Å². The van der Waals surface area contributed by atoms with Crippen LogP contribution >= 0.6 is 11.6 Å². The summed E-state index contributed by atoms with van der Waals surface area (Å²) in [5, 5.41) is 3.96. The van der Waals surface area contributed by atoms with Crippen LogP contribution in [-0.2, 0) is 6.42 Å². The molecule has 3 aromatic rings. The molecule has 1 N–H and O–H groups in total. The minimum absolute atomic E-state index is 0.0791. The van der Waals surface area contributed by atoms with Gasteiger partial charge in [-0.25, -0.2) is 9.37 Å². The molecule has 1 saturated heterocycles. The van der Waals surface area contributed by atoms with Gasteiger partial charge in [0.1, 0.15) is 11.6 Å². The Morgan fingerprint density at radius 3 is 2.28 bits per heavy atom. The Balaban J connectivity index is 1.40. The van der Waals surface area contributed by atoms with Crippen LogP contribution in [0.15, 0.2) is 48.5 Å². The van der Waals surface area contributed by atoms with Gasteiger partial charge in [-0.1, -0.05) is 11.6 Å². The predicted octanol–water partition coefficient (Wildman–Crippen LogP) is 4.86. The summed E-state index contributed by atoms with van der Waals surface area (Å²) in [4.78, 5) is 26.6. The number of anilines is 4. The molecule has 1 aliphatic heterocycles. The minimum atomic E-state index is -0.231. The molecule has 6 nitrogen and oxygen atoms in total. The van der Waals surface area contributed by atoms with Gasteiger partial charge in [0.2, 0.25) is 5.95 Å². The van der Waals surface area contributed by atoms with E-state index in [1.54, 1.807) is 24.3 Å². The van der Waals surface area contributed by atoms with Crippen LogP contribution in [0.3, 0.4) is 0 Å². The fraction of sp³-hybridized carbons (Fsp3) is 0.292. The molecule has 0 bridgehead atoms. The molecule has 32 heavy (non-hydrogen) atoms. The highest BCUT2D eigenvalue weighted by Crippen LogP contribution is 2.30. The molecule has 1 aliphatic carbocycles. The Morgan fingerprint density at radius 1 is 0.875 bits per heavy atom. The molecule has 5 rings (SSSR count). The lowest BCUT2D eigenvalue weighted by Crippen LogP contribution is -2.47. The van der Waals surface area contributed by atoms with Crippen molar-refractivity contribution in [2.75, 3.05) is 41.3 Å². The number of rotatable bonds is 4. The number of aryl methyl sites for hydroxylation is 1. The van der Waals surface area contributed by atoms with E-state index in [-0.39, 0.29) is 11.6 Å². The Morgan fingerprint density at radius 2 is 1.56 bits per heavy atom. The molecule has 0 amide bonds. The number of hydrogen-bond acceptors (Lipinski definition) is 6. The number of halogens is 2. The van der Waals surface area contributed by atoms with Crippen molar-refractivity contribution in [2.24, 2.45) is 0 Å². The maximum Gasteiger partial charge on any atom is 0.227 e. The number of aromatic nitrogens is 2. The zero-order chi connectivity index (χ0) is 22.1. The first kappa shape index (κ1) is 20.7. The van der Waals surface area contributed by atoms with Crippen LogP contribution in [0, 0.1) is 5.82 Å². The first-order valence-electron chi connectivity index (χ1n) is 10.8. The van der Waals surface area contributed by atoms with Gasteiger partial charge in [-0.15, -0.1) is 0 Å². The van der Waals surface area contributed by atoms with Gasteiger partial charge in [0.15, 0.2) is 5.78 Å². The summed E-state index contributed by atoms with van der Waals surface area (Å²) in [7, 11) is 0. The number of Topliss-reactive ketones (excluding diaryl/α,β-unsaturated/α-hetero) is 1. The van der Waals surface area contributed by atoms with E-state index in [0.29, 0.717) is 28.8 Å². The van der Waals surface area contributed by atoms with Crippen LogP contribution < -0.4 is 15.1 Å². The maximum absolute atomic E-state index is 13.2. The lowest BCUT2D eigenvalue weighted by molar-refractivity contribution is 0.0972. The van der Waals surface area contributed by atoms with Crippen molar-refractivity contribution in [3.63, 3.8) is 0 Å². The number of piperazine rings is 1. The summed E-state index contributed by atoms with van der Waals surface area (Å²) >= 11 is 6.01. The van der Waals surface area contributed by atoms with Gasteiger partial charge in [-0.3, -0.25) is 4.79 Å².